The van der Waals surface area contributed by atoms with Gasteiger partial charge in [-0.15, -0.1) is 11.8 Å². The summed E-state index contributed by atoms with van der Waals surface area (Å²) in [6, 6.07) is 8.52. The van der Waals surface area contributed by atoms with E-state index in [-0.39, 0.29) is 0 Å². The van der Waals surface area contributed by atoms with Crippen LogP contribution >= 0.6 is 11.8 Å². The third kappa shape index (κ3) is 2.73. The van der Waals surface area contributed by atoms with E-state index in [0.717, 1.165) is 36.5 Å². The Morgan fingerprint density at radius 2 is 1.95 bits per heavy atom. The third-order valence-electron chi connectivity index (χ3n) is 3.40. The van der Waals surface area contributed by atoms with Gasteiger partial charge in [0.25, 0.3) is 0 Å². The zero-order chi connectivity index (χ0) is 13.2. The van der Waals surface area contributed by atoms with Crippen LogP contribution in [-0.2, 0) is 18.6 Å². The van der Waals surface area contributed by atoms with Gasteiger partial charge in [-0.3, -0.25) is 0 Å². The van der Waals surface area contributed by atoms with E-state index in [1.54, 1.807) is 11.8 Å². The minimum absolute atomic E-state index is 0.682. The quantitative estimate of drug-likeness (QED) is 0.871. The molecule has 3 nitrogen and oxygen atoms in total. The molecule has 98 valence electrons. The van der Waals surface area contributed by atoms with E-state index in [1.165, 1.54) is 16.0 Å². The highest BCUT2D eigenvalue weighted by atomic mass is 32.2. The molecule has 1 aromatic carbocycles. The SMILES string of the molecule is Cc1ccc(SCc2nc(N)c3c(n2)CCC3)cc1. The lowest BCUT2D eigenvalue weighted by atomic mass is 10.2. The number of aryl methyl sites for hydroxylation is 2. The predicted octanol–water partition coefficient (Wildman–Crippen LogP) is 3.15. The van der Waals surface area contributed by atoms with Crippen molar-refractivity contribution < 1.29 is 0 Å². The molecule has 2 aromatic rings. The van der Waals surface area contributed by atoms with Crippen molar-refractivity contribution in [3.63, 3.8) is 0 Å². The maximum absolute atomic E-state index is 6.00. The Morgan fingerprint density at radius 3 is 2.74 bits per heavy atom. The van der Waals surface area contributed by atoms with Crippen LogP contribution in [0.15, 0.2) is 29.2 Å². The van der Waals surface area contributed by atoms with Gasteiger partial charge >= 0.3 is 0 Å². The van der Waals surface area contributed by atoms with Crippen LogP contribution in [0.25, 0.3) is 0 Å². The number of nitrogens with zero attached hydrogens (tertiary/aromatic N) is 2. The van der Waals surface area contributed by atoms with Gasteiger partial charge in [0.2, 0.25) is 0 Å². The fourth-order valence-electron chi connectivity index (χ4n) is 2.36. The van der Waals surface area contributed by atoms with Crippen molar-refractivity contribution in [3.8, 4) is 0 Å². The summed E-state index contributed by atoms with van der Waals surface area (Å²) in [7, 11) is 0. The normalized spacial score (nSPS) is 13.5. The first-order chi connectivity index (χ1) is 9.22. The summed E-state index contributed by atoms with van der Waals surface area (Å²) in [6.07, 6.45) is 3.24. The number of nitrogens with two attached hydrogens (primary N) is 1. The van der Waals surface area contributed by atoms with Crippen molar-refractivity contribution in [2.75, 3.05) is 5.73 Å². The average Bonchev–Trinajstić information content (AvgIpc) is 2.87. The molecular formula is C15H17N3S. The monoisotopic (exact) mass is 271 g/mol. The van der Waals surface area contributed by atoms with Gasteiger partial charge in [-0.05, 0) is 38.3 Å². The first-order valence-electron chi connectivity index (χ1n) is 6.56. The number of aromatic nitrogens is 2. The van der Waals surface area contributed by atoms with Crippen LogP contribution in [-0.4, -0.2) is 9.97 Å². The van der Waals surface area contributed by atoms with Crippen LogP contribution in [0.4, 0.5) is 5.82 Å². The van der Waals surface area contributed by atoms with E-state index in [0.29, 0.717) is 5.82 Å². The molecule has 0 radical (unpaired) electrons. The van der Waals surface area contributed by atoms with Gasteiger partial charge in [-0.1, -0.05) is 17.7 Å². The molecule has 4 heteroatoms. The van der Waals surface area contributed by atoms with E-state index >= 15 is 0 Å². The van der Waals surface area contributed by atoms with Gasteiger partial charge in [-0.2, -0.15) is 0 Å². The number of nitrogen functional groups attached to an aromatic ring is 1. The van der Waals surface area contributed by atoms with Crippen LogP contribution in [0.1, 0.15) is 29.1 Å². The van der Waals surface area contributed by atoms with Crippen molar-refractivity contribution in [2.24, 2.45) is 0 Å². The summed E-state index contributed by atoms with van der Waals surface area (Å²) in [6.45, 7) is 2.10. The lowest BCUT2D eigenvalue weighted by Crippen LogP contribution is -2.04. The zero-order valence-electron chi connectivity index (χ0n) is 11.0. The molecule has 1 aliphatic rings. The van der Waals surface area contributed by atoms with Crippen LogP contribution < -0.4 is 5.73 Å². The minimum Gasteiger partial charge on any atom is -0.383 e. The Balaban J connectivity index is 1.73. The number of hydrogen-bond donors (Lipinski definition) is 1. The molecule has 1 aromatic heterocycles. The standard InChI is InChI=1S/C15H17N3S/c1-10-5-7-11(8-6-10)19-9-14-17-13-4-2-3-12(13)15(16)18-14/h5-8H,2-4,9H2,1H3,(H2,16,17,18). The molecular weight excluding hydrogens is 254 g/mol. The molecule has 0 bridgehead atoms. The molecule has 0 aliphatic heterocycles. The topological polar surface area (TPSA) is 51.8 Å². The summed E-state index contributed by atoms with van der Waals surface area (Å²) in [4.78, 5) is 10.3. The average molecular weight is 271 g/mol. The molecule has 0 amide bonds. The molecule has 1 aliphatic carbocycles. The van der Waals surface area contributed by atoms with E-state index in [9.17, 15) is 0 Å². The van der Waals surface area contributed by atoms with Crippen molar-refractivity contribution >= 4 is 17.6 Å². The second-order valence-corrected chi connectivity index (χ2v) is 5.95. The molecule has 0 spiro atoms. The highest BCUT2D eigenvalue weighted by Crippen LogP contribution is 2.27. The molecule has 0 unspecified atom stereocenters. The summed E-state index contributed by atoms with van der Waals surface area (Å²) in [5.41, 5.74) is 9.61. The Kier molecular flexibility index (Phi) is 3.42. The number of benzene rings is 1. The minimum atomic E-state index is 0.682. The van der Waals surface area contributed by atoms with E-state index < -0.39 is 0 Å². The van der Waals surface area contributed by atoms with Gasteiger partial charge in [0.15, 0.2) is 0 Å². The summed E-state index contributed by atoms with van der Waals surface area (Å²) in [5.74, 6) is 2.31. The lowest BCUT2D eigenvalue weighted by molar-refractivity contribution is 0.893. The van der Waals surface area contributed by atoms with Crippen LogP contribution in [0, 0.1) is 6.92 Å². The predicted molar refractivity (Wildman–Crippen MR) is 79.2 cm³/mol. The van der Waals surface area contributed by atoms with Crippen molar-refractivity contribution in [1.29, 1.82) is 0 Å². The molecule has 0 fully saturated rings. The van der Waals surface area contributed by atoms with Gasteiger partial charge in [0, 0.05) is 16.2 Å². The van der Waals surface area contributed by atoms with E-state index in [1.807, 2.05) is 0 Å². The van der Waals surface area contributed by atoms with Crippen LogP contribution in [0.5, 0.6) is 0 Å². The second kappa shape index (κ2) is 5.21. The van der Waals surface area contributed by atoms with Gasteiger partial charge in [0.1, 0.15) is 11.6 Å². The van der Waals surface area contributed by atoms with Gasteiger partial charge < -0.3 is 5.73 Å². The largest absolute Gasteiger partial charge is 0.383 e. The second-order valence-electron chi connectivity index (χ2n) is 4.91. The van der Waals surface area contributed by atoms with Crippen LogP contribution in [0.2, 0.25) is 0 Å². The summed E-state index contributed by atoms with van der Waals surface area (Å²) in [5, 5.41) is 0. The molecule has 0 saturated carbocycles. The molecule has 3 rings (SSSR count). The number of anilines is 1. The third-order valence-corrected chi connectivity index (χ3v) is 4.41. The van der Waals surface area contributed by atoms with Crippen molar-refractivity contribution in [2.45, 2.75) is 36.8 Å². The maximum Gasteiger partial charge on any atom is 0.141 e. The van der Waals surface area contributed by atoms with E-state index in [4.69, 9.17) is 5.73 Å². The Hall–Kier alpha value is -1.55. The zero-order valence-corrected chi connectivity index (χ0v) is 11.8. The Morgan fingerprint density at radius 1 is 1.16 bits per heavy atom. The maximum atomic E-state index is 6.00. The number of fused-ring (bicyclic) bond motifs is 1. The Labute approximate surface area is 117 Å². The van der Waals surface area contributed by atoms with Crippen LogP contribution in [0.3, 0.4) is 0 Å². The fourth-order valence-corrected chi connectivity index (χ4v) is 3.11. The number of hydrogen-bond acceptors (Lipinski definition) is 4. The summed E-state index contributed by atoms with van der Waals surface area (Å²) < 4.78 is 0. The fraction of sp³-hybridized carbons (Fsp3) is 0.333. The molecule has 0 saturated heterocycles. The molecule has 1 heterocycles. The highest BCUT2D eigenvalue weighted by molar-refractivity contribution is 7.98. The smallest absolute Gasteiger partial charge is 0.141 e. The Bertz CT molecular complexity index is 593. The molecule has 19 heavy (non-hydrogen) atoms. The first-order valence-corrected chi connectivity index (χ1v) is 7.54. The summed E-state index contributed by atoms with van der Waals surface area (Å²) >= 11 is 1.76. The number of thioether (sulfide) groups is 1. The van der Waals surface area contributed by atoms with Crippen molar-refractivity contribution in [1.82, 2.24) is 9.97 Å². The molecule has 2 N–H and O–H groups in total. The molecule has 0 atom stereocenters. The highest BCUT2D eigenvalue weighted by Gasteiger charge is 2.17. The first kappa shape index (κ1) is 12.5. The van der Waals surface area contributed by atoms with Gasteiger partial charge in [0.05, 0.1) is 5.75 Å². The van der Waals surface area contributed by atoms with Gasteiger partial charge in [-0.25, -0.2) is 9.97 Å². The number of rotatable bonds is 3. The lowest BCUT2D eigenvalue weighted by Gasteiger charge is -2.06. The van der Waals surface area contributed by atoms with E-state index in [2.05, 4.69) is 41.2 Å². The van der Waals surface area contributed by atoms with Crippen molar-refractivity contribution in [3.05, 3.63) is 46.9 Å².